The van der Waals surface area contributed by atoms with Gasteiger partial charge in [-0.25, -0.2) is 0 Å². The number of hydrogen-bond donors (Lipinski definition) is 1. The molecule has 2 aromatic rings. The molecule has 0 atom stereocenters. The molecule has 1 heteroatoms. The molecule has 1 nitrogen and oxygen atoms in total. The van der Waals surface area contributed by atoms with Gasteiger partial charge < -0.3 is 4.98 Å². The number of hydrogen-bond acceptors (Lipinski definition) is 0. The van der Waals surface area contributed by atoms with Gasteiger partial charge in [0.05, 0.1) is 0 Å². The van der Waals surface area contributed by atoms with Gasteiger partial charge in [-0.1, -0.05) is 82.8 Å². The minimum Gasteiger partial charge on any atom is -0.361 e. The number of benzene rings is 1. The average molecular weight is 283 g/mol. The lowest BCUT2D eigenvalue weighted by atomic mass is 10.1. The van der Waals surface area contributed by atoms with Crippen LogP contribution in [0.4, 0.5) is 0 Å². The number of aromatic amines is 1. The summed E-state index contributed by atoms with van der Waals surface area (Å²) < 4.78 is 0. The Morgan fingerprint density at radius 3 is 2.19 bits per heavy atom. The first-order chi connectivity index (χ1) is 10.3. The first-order valence-corrected chi connectivity index (χ1v) is 7.84. The van der Waals surface area contributed by atoms with Crippen LogP contribution in [0.3, 0.4) is 0 Å². The summed E-state index contributed by atoms with van der Waals surface area (Å²) in [6.45, 7) is 13.8. The third-order valence-electron chi connectivity index (χ3n) is 2.85. The zero-order valence-corrected chi connectivity index (χ0v) is 14.1. The molecule has 1 N–H and O–H groups in total. The molecule has 0 aliphatic rings. The number of rotatable bonds is 3. The second-order valence-corrected chi connectivity index (χ2v) is 3.99. The topological polar surface area (TPSA) is 15.8 Å². The van der Waals surface area contributed by atoms with Crippen LogP contribution in [0, 0.1) is 0 Å². The summed E-state index contributed by atoms with van der Waals surface area (Å²) in [7, 11) is 0. The van der Waals surface area contributed by atoms with Crippen molar-refractivity contribution in [3.05, 3.63) is 70.9 Å². The summed E-state index contributed by atoms with van der Waals surface area (Å²) in [4.78, 5) is 3.29. The van der Waals surface area contributed by atoms with Gasteiger partial charge in [-0.05, 0) is 24.5 Å². The van der Waals surface area contributed by atoms with Crippen molar-refractivity contribution in [2.45, 2.75) is 41.0 Å². The lowest BCUT2D eigenvalue weighted by molar-refractivity contribution is 1.18. The molecule has 0 aliphatic carbocycles. The van der Waals surface area contributed by atoms with Crippen molar-refractivity contribution in [3.63, 3.8) is 0 Å². The molecule has 2 rings (SSSR count). The van der Waals surface area contributed by atoms with E-state index in [0.717, 1.165) is 11.8 Å². The molecule has 1 aromatic heterocycles. The summed E-state index contributed by atoms with van der Waals surface area (Å²) in [5.41, 5.74) is 2.64. The van der Waals surface area contributed by atoms with Crippen LogP contribution in [0.15, 0.2) is 49.2 Å². The lowest BCUT2D eigenvalue weighted by Gasteiger charge is -1.98. The summed E-state index contributed by atoms with van der Waals surface area (Å²) in [6, 6.07) is 10.5. The fourth-order valence-corrected chi connectivity index (χ4v) is 2.01. The Balaban J connectivity index is 0.000000921. The van der Waals surface area contributed by atoms with Crippen LogP contribution in [0.1, 0.15) is 45.7 Å². The standard InChI is InChI=1S/C16H17N.2C2H6/c1-3-8-15-14(12-17-16(15)4-2)11-13-9-6-5-7-10-13;2*1-2/h3-10,12,17H,1,11H2,2H3;2*1-2H3/b15-8-,16-4+;;. The van der Waals surface area contributed by atoms with Gasteiger partial charge in [-0.3, -0.25) is 0 Å². The van der Waals surface area contributed by atoms with E-state index in [1.807, 2.05) is 46.8 Å². The Bertz CT molecular complexity index is 603. The van der Waals surface area contributed by atoms with E-state index < -0.39 is 0 Å². The monoisotopic (exact) mass is 283 g/mol. The predicted octanol–water partition coefficient (Wildman–Crippen LogP) is 4.42. The van der Waals surface area contributed by atoms with Gasteiger partial charge in [0.1, 0.15) is 0 Å². The van der Waals surface area contributed by atoms with Crippen molar-refractivity contribution in [1.29, 1.82) is 0 Å². The first kappa shape index (κ1) is 19.0. The molecule has 1 aromatic carbocycles. The van der Waals surface area contributed by atoms with Crippen LogP contribution < -0.4 is 10.6 Å². The first-order valence-electron chi connectivity index (χ1n) is 7.84. The molecular weight excluding hydrogens is 254 g/mol. The predicted molar refractivity (Wildman–Crippen MR) is 96.8 cm³/mol. The lowest BCUT2D eigenvalue weighted by Crippen LogP contribution is -2.24. The van der Waals surface area contributed by atoms with Gasteiger partial charge >= 0.3 is 0 Å². The van der Waals surface area contributed by atoms with Gasteiger partial charge in [0.2, 0.25) is 0 Å². The number of aromatic nitrogens is 1. The van der Waals surface area contributed by atoms with Crippen molar-refractivity contribution >= 4 is 12.2 Å². The molecule has 21 heavy (non-hydrogen) atoms. The second-order valence-electron chi connectivity index (χ2n) is 3.99. The van der Waals surface area contributed by atoms with Gasteiger partial charge in [0, 0.05) is 16.8 Å². The van der Waals surface area contributed by atoms with Crippen LogP contribution in [-0.4, -0.2) is 4.98 Å². The highest BCUT2D eigenvalue weighted by Gasteiger charge is 2.00. The van der Waals surface area contributed by atoms with Crippen molar-refractivity contribution < 1.29 is 0 Å². The SMILES string of the molecule is C=C/C=c1/c(Cc2ccccc2)c[nH]/c1=C/C.CC.CC. The quantitative estimate of drug-likeness (QED) is 0.858. The normalized spacial score (nSPS) is 11.1. The van der Waals surface area contributed by atoms with E-state index in [4.69, 9.17) is 0 Å². The molecule has 114 valence electrons. The van der Waals surface area contributed by atoms with Crippen LogP contribution in [-0.2, 0) is 6.42 Å². The van der Waals surface area contributed by atoms with E-state index in [1.54, 1.807) is 0 Å². The Morgan fingerprint density at radius 2 is 1.67 bits per heavy atom. The largest absolute Gasteiger partial charge is 0.361 e. The Morgan fingerprint density at radius 1 is 1.05 bits per heavy atom. The van der Waals surface area contributed by atoms with E-state index in [9.17, 15) is 0 Å². The van der Waals surface area contributed by atoms with Crippen molar-refractivity contribution in [2.24, 2.45) is 0 Å². The van der Waals surface area contributed by atoms with E-state index in [2.05, 4.69) is 54.2 Å². The fraction of sp³-hybridized carbons (Fsp3) is 0.300. The zero-order chi connectivity index (χ0) is 16.1. The molecule has 0 bridgehead atoms. The minimum atomic E-state index is 0.949. The highest BCUT2D eigenvalue weighted by Crippen LogP contribution is 2.04. The molecule has 0 amide bonds. The maximum atomic E-state index is 3.78. The molecule has 1 heterocycles. The minimum absolute atomic E-state index is 0.949. The zero-order valence-electron chi connectivity index (χ0n) is 14.1. The van der Waals surface area contributed by atoms with Gasteiger partial charge in [0.25, 0.3) is 0 Å². The fourth-order valence-electron chi connectivity index (χ4n) is 2.01. The van der Waals surface area contributed by atoms with Crippen LogP contribution in [0.2, 0.25) is 0 Å². The molecule has 0 unspecified atom stereocenters. The number of H-pyrrole nitrogens is 1. The van der Waals surface area contributed by atoms with E-state index in [0.29, 0.717) is 0 Å². The number of allylic oxidation sites excluding steroid dienone is 1. The second kappa shape index (κ2) is 11.8. The van der Waals surface area contributed by atoms with Gasteiger partial charge in [0.15, 0.2) is 0 Å². The highest BCUT2D eigenvalue weighted by atomic mass is 14.7. The third kappa shape index (κ3) is 5.86. The van der Waals surface area contributed by atoms with Crippen molar-refractivity contribution in [1.82, 2.24) is 4.98 Å². The molecule has 0 saturated carbocycles. The summed E-state index contributed by atoms with van der Waals surface area (Å²) in [5, 5.41) is 2.40. The highest BCUT2D eigenvalue weighted by molar-refractivity contribution is 5.41. The maximum absolute atomic E-state index is 3.78. The molecule has 0 saturated heterocycles. The van der Waals surface area contributed by atoms with Crippen LogP contribution >= 0.6 is 0 Å². The van der Waals surface area contributed by atoms with E-state index in [-0.39, 0.29) is 0 Å². The van der Waals surface area contributed by atoms with E-state index >= 15 is 0 Å². The molecule has 0 aliphatic heterocycles. The summed E-state index contributed by atoms with van der Waals surface area (Å²) in [5.74, 6) is 0. The van der Waals surface area contributed by atoms with Crippen LogP contribution in [0.5, 0.6) is 0 Å². The smallest absolute Gasteiger partial charge is 0.0413 e. The van der Waals surface area contributed by atoms with E-state index in [1.165, 1.54) is 16.3 Å². The molecule has 0 radical (unpaired) electrons. The van der Waals surface area contributed by atoms with Crippen molar-refractivity contribution in [2.75, 3.05) is 0 Å². The summed E-state index contributed by atoms with van der Waals surface area (Å²) in [6.07, 6.45) is 9.01. The molecular formula is C20H29N. The Kier molecular flexibility index (Phi) is 10.6. The maximum Gasteiger partial charge on any atom is 0.0413 e. The van der Waals surface area contributed by atoms with Gasteiger partial charge in [-0.15, -0.1) is 0 Å². The average Bonchev–Trinajstić information content (AvgIpc) is 2.95. The summed E-state index contributed by atoms with van der Waals surface area (Å²) >= 11 is 0. The Hall–Kier alpha value is -2.02. The van der Waals surface area contributed by atoms with Crippen molar-refractivity contribution in [3.8, 4) is 0 Å². The third-order valence-corrected chi connectivity index (χ3v) is 2.85. The number of nitrogens with one attached hydrogen (secondary N) is 1. The Labute approximate surface area is 129 Å². The van der Waals surface area contributed by atoms with Crippen LogP contribution in [0.25, 0.3) is 12.2 Å². The molecule has 0 fully saturated rings. The molecule has 0 spiro atoms. The van der Waals surface area contributed by atoms with Gasteiger partial charge in [-0.2, -0.15) is 0 Å².